The molecule has 3 nitrogen and oxygen atoms in total. The van der Waals surface area contributed by atoms with Crippen molar-refractivity contribution in [2.45, 2.75) is 45.4 Å². The van der Waals surface area contributed by atoms with Crippen LogP contribution in [0.4, 0.5) is 5.69 Å². The molecule has 0 saturated carbocycles. The van der Waals surface area contributed by atoms with Crippen molar-refractivity contribution in [3.05, 3.63) is 28.2 Å². The van der Waals surface area contributed by atoms with E-state index in [-0.39, 0.29) is 0 Å². The van der Waals surface area contributed by atoms with E-state index >= 15 is 0 Å². The number of hydrogen-bond acceptors (Lipinski definition) is 3. The molecule has 2 fully saturated rings. The first-order valence-corrected chi connectivity index (χ1v) is 8.80. The summed E-state index contributed by atoms with van der Waals surface area (Å²) in [6, 6.07) is 6.65. The lowest BCUT2D eigenvalue weighted by molar-refractivity contribution is 0.0304. The normalized spacial score (nSPS) is 24.9. The van der Waals surface area contributed by atoms with Gasteiger partial charge in [-0.1, -0.05) is 29.8 Å². The van der Waals surface area contributed by atoms with Crippen molar-refractivity contribution in [3.63, 3.8) is 0 Å². The fourth-order valence-corrected chi connectivity index (χ4v) is 3.72. The average Bonchev–Trinajstić information content (AvgIpc) is 2.77. The Morgan fingerprint density at radius 3 is 2.67 bits per heavy atom. The smallest absolute Gasteiger partial charge is 0.0755 e. The maximum atomic E-state index is 5.96. The van der Waals surface area contributed by atoms with Crippen LogP contribution in [0.15, 0.2) is 22.7 Å². The third kappa shape index (κ3) is 3.79. The molecule has 2 aliphatic heterocycles. The Hall–Kier alpha value is -0.580. The quantitative estimate of drug-likeness (QED) is 0.876. The summed E-state index contributed by atoms with van der Waals surface area (Å²) in [6.45, 7) is 8.55. The fraction of sp³-hybridized carbons (Fsp3) is 0.647. The molecule has 0 aliphatic carbocycles. The van der Waals surface area contributed by atoms with Gasteiger partial charge in [0.1, 0.15) is 0 Å². The van der Waals surface area contributed by atoms with E-state index < -0.39 is 0 Å². The van der Waals surface area contributed by atoms with Crippen LogP contribution in [0.5, 0.6) is 0 Å². The highest BCUT2D eigenvalue weighted by atomic mass is 79.9. The maximum Gasteiger partial charge on any atom is 0.0755 e. The highest BCUT2D eigenvalue weighted by Gasteiger charge is 2.34. The standard InChI is InChI=1S/C17H25BrN2O/c1-12(2)8-19-9-13-7-14(18)3-6-17(13)20-10-15-4-5-16(11-20)21-15/h3,6-7,12,15-16,19H,4-5,8-11H2,1-2H3. The van der Waals surface area contributed by atoms with Crippen molar-refractivity contribution in [3.8, 4) is 0 Å². The van der Waals surface area contributed by atoms with Gasteiger partial charge in [-0.05, 0) is 49.1 Å². The zero-order valence-electron chi connectivity index (χ0n) is 12.9. The molecule has 2 heterocycles. The monoisotopic (exact) mass is 352 g/mol. The Morgan fingerprint density at radius 2 is 2.00 bits per heavy atom. The Labute approximate surface area is 136 Å². The van der Waals surface area contributed by atoms with Gasteiger partial charge in [0.15, 0.2) is 0 Å². The first kappa shape index (κ1) is 15.3. The number of ether oxygens (including phenoxy) is 1. The molecular formula is C17H25BrN2O. The van der Waals surface area contributed by atoms with Gasteiger partial charge in [-0.2, -0.15) is 0 Å². The van der Waals surface area contributed by atoms with E-state index in [4.69, 9.17) is 4.74 Å². The van der Waals surface area contributed by atoms with Crippen LogP contribution in [0, 0.1) is 5.92 Å². The number of fused-ring (bicyclic) bond motifs is 2. The van der Waals surface area contributed by atoms with Gasteiger partial charge >= 0.3 is 0 Å². The molecule has 0 spiro atoms. The summed E-state index contributed by atoms with van der Waals surface area (Å²) in [5.74, 6) is 0.680. The topological polar surface area (TPSA) is 24.5 Å². The third-order valence-electron chi connectivity index (χ3n) is 4.29. The van der Waals surface area contributed by atoms with E-state index in [1.54, 1.807) is 0 Å². The molecule has 2 atom stereocenters. The van der Waals surface area contributed by atoms with Crippen LogP contribution < -0.4 is 10.2 Å². The average molecular weight is 353 g/mol. The second-order valence-electron chi connectivity index (χ2n) is 6.66. The molecule has 3 rings (SSSR count). The van der Waals surface area contributed by atoms with Crippen LogP contribution in [0.1, 0.15) is 32.3 Å². The van der Waals surface area contributed by atoms with Crippen molar-refractivity contribution >= 4 is 21.6 Å². The van der Waals surface area contributed by atoms with E-state index in [0.717, 1.165) is 30.7 Å². The lowest BCUT2D eigenvalue weighted by Crippen LogP contribution is -2.43. The highest BCUT2D eigenvalue weighted by molar-refractivity contribution is 9.10. The van der Waals surface area contributed by atoms with Crippen LogP contribution in [0.2, 0.25) is 0 Å². The minimum absolute atomic E-state index is 0.434. The summed E-state index contributed by atoms with van der Waals surface area (Å²) >= 11 is 3.61. The molecule has 2 saturated heterocycles. The van der Waals surface area contributed by atoms with Gasteiger partial charge in [0.2, 0.25) is 0 Å². The minimum atomic E-state index is 0.434. The number of rotatable bonds is 5. The summed E-state index contributed by atoms with van der Waals surface area (Å²) in [4.78, 5) is 2.52. The van der Waals surface area contributed by atoms with Crippen molar-refractivity contribution < 1.29 is 4.74 Å². The van der Waals surface area contributed by atoms with Gasteiger partial charge in [-0.25, -0.2) is 0 Å². The highest BCUT2D eigenvalue weighted by Crippen LogP contribution is 2.32. The molecular weight excluding hydrogens is 328 g/mol. The van der Waals surface area contributed by atoms with Gasteiger partial charge in [-0.15, -0.1) is 0 Å². The first-order chi connectivity index (χ1) is 10.1. The maximum absolute atomic E-state index is 5.96. The summed E-state index contributed by atoms with van der Waals surface area (Å²) in [5, 5.41) is 3.57. The number of nitrogens with one attached hydrogen (secondary N) is 1. The Bertz CT molecular complexity index is 480. The van der Waals surface area contributed by atoms with Crippen molar-refractivity contribution in [1.82, 2.24) is 5.32 Å². The van der Waals surface area contributed by atoms with Gasteiger partial charge < -0.3 is 15.0 Å². The summed E-state index contributed by atoms with van der Waals surface area (Å²) < 4.78 is 7.11. The van der Waals surface area contributed by atoms with E-state index in [1.165, 1.54) is 24.1 Å². The largest absolute Gasteiger partial charge is 0.371 e. The molecule has 0 aromatic heterocycles. The Kier molecular flexibility index (Phi) is 4.87. The van der Waals surface area contributed by atoms with E-state index in [2.05, 4.69) is 58.2 Å². The Balaban J connectivity index is 1.74. The third-order valence-corrected chi connectivity index (χ3v) is 4.79. The van der Waals surface area contributed by atoms with Gasteiger partial charge in [0.05, 0.1) is 12.2 Å². The number of halogens is 1. The molecule has 21 heavy (non-hydrogen) atoms. The van der Waals surface area contributed by atoms with Crippen molar-refractivity contribution in [2.75, 3.05) is 24.5 Å². The first-order valence-electron chi connectivity index (χ1n) is 8.01. The molecule has 2 bridgehead atoms. The molecule has 2 aliphatic rings. The number of morpholine rings is 1. The molecule has 116 valence electrons. The van der Waals surface area contributed by atoms with Crippen molar-refractivity contribution in [1.29, 1.82) is 0 Å². The second kappa shape index (κ2) is 6.67. The molecule has 0 amide bonds. The SMILES string of the molecule is CC(C)CNCc1cc(Br)ccc1N1CC2CCC(C1)O2. The van der Waals surface area contributed by atoms with Crippen LogP contribution in [-0.4, -0.2) is 31.8 Å². The van der Waals surface area contributed by atoms with Gasteiger partial charge in [0.25, 0.3) is 0 Å². The van der Waals surface area contributed by atoms with Crippen LogP contribution in [0.25, 0.3) is 0 Å². The van der Waals surface area contributed by atoms with E-state index in [1.807, 2.05) is 0 Å². The number of benzene rings is 1. The predicted octanol–water partition coefficient (Wildman–Crippen LogP) is 3.56. The second-order valence-corrected chi connectivity index (χ2v) is 7.58. The molecule has 2 unspecified atom stereocenters. The number of hydrogen-bond donors (Lipinski definition) is 1. The lowest BCUT2D eigenvalue weighted by Gasteiger charge is -2.35. The molecule has 0 radical (unpaired) electrons. The predicted molar refractivity (Wildman–Crippen MR) is 90.8 cm³/mol. The van der Waals surface area contributed by atoms with Crippen molar-refractivity contribution in [2.24, 2.45) is 5.92 Å². The summed E-state index contributed by atoms with van der Waals surface area (Å²) in [7, 11) is 0. The Morgan fingerprint density at radius 1 is 1.29 bits per heavy atom. The van der Waals surface area contributed by atoms with Gasteiger partial charge in [-0.3, -0.25) is 0 Å². The number of nitrogens with zero attached hydrogens (tertiary/aromatic N) is 1. The van der Waals surface area contributed by atoms with Crippen LogP contribution in [0.3, 0.4) is 0 Å². The fourth-order valence-electron chi connectivity index (χ4n) is 3.31. The molecule has 1 N–H and O–H groups in total. The van der Waals surface area contributed by atoms with Crippen LogP contribution in [-0.2, 0) is 11.3 Å². The molecule has 4 heteroatoms. The molecule has 1 aromatic rings. The van der Waals surface area contributed by atoms with E-state index in [9.17, 15) is 0 Å². The zero-order valence-corrected chi connectivity index (χ0v) is 14.5. The van der Waals surface area contributed by atoms with Crippen LogP contribution >= 0.6 is 15.9 Å². The number of anilines is 1. The minimum Gasteiger partial charge on any atom is -0.371 e. The zero-order chi connectivity index (χ0) is 14.8. The lowest BCUT2D eigenvalue weighted by atomic mass is 10.1. The summed E-state index contributed by atoms with van der Waals surface area (Å²) in [6.07, 6.45) is 3.31. The summed E-state index contributed by atoms with van der Waals surface area (Å²) in [5.41, 5.74) is 2.75. The van der Waals surface area contributed by atoms with E-state index in [0.29, 0.717) is 18.1 Å². The van der Waals surface area contributed by atoms with Gasteiger partial charge in [0, 0.05) is 29.8 Å². The molecule has 1 aromatic carbocycles.